The standard InChI is InChI=1S/C13H11N3OS/c1-17-9-5-4-6-10-12(9)16-13(18-10)15-11-7-2-3-8-14-11/h2-8H,1H3,(H,14,15,16). The fourth-order valence-electron chi connectivity index (χ4n) is 1.69. The lowest BCUT2D eigenvalue weighted by Gasteiger charge is -1.99. The lowest BCUT2D eigenvalue weighted by molar-refractivity contribution is 0.419. The van der Waals surface area contributed by atoms with Crippen LogP contribution in [0, 0.1) is 0 Å². The maximum absolute atomic E-state index is 5.29. The highest BCUT2D eigenvalue weighted by Crippen LogP contribution is 2.32. The van der Waals surface area contributed by atoms with Gasteiger partial charge in [-0.3, -0.25) is 0 Å². The number of nitrogens with zero attached hydrogens (tertiary/aromatic N) is 2. The van der Waals surface area contributed by atoms with Gasteiger partial charge in [0.15, 0.2) is 5.13 Å². The van der Waals surface area contributed by atoms with Crippen molar-refractivity contribution in [3.8, 4) is 5.75 Å². The molecule has 3 rings (SSSR count). The number of thiazole rings is 1. The smallest absolute Gasteiger partial charge is 0.189 e. The van der Waals surface area contributed by atoms with Crippen LogP contribution in [0.3, 0.4) is 0 Å². The summed E-state index contributed by atoms with van der Waals surface area (Å²) in [7, 11) is 1.65. The summed E-state index contributed by atoms with van der Waals surface area (Å²) < 4.78 is 6.38. The van der Waals surface area contributed by atoms with Crippen LogP contribution in [0.5, 0.6) is 5.75 Å². The molecule has 0 spiro atoms. The highest BCUT2D eigenvalue weighted by Gasteiger charge is 2.08. The molecule has 5 heteroatoms. The first-order chi connectivity index (χ1) is 8.86. The van der Waals surface area contributed by atoms with E-state index in [1.54, 1.807) is 24.6 Å². The van der Waals surface area contributed by atoms with E-state index in [-0.39, 0.29) is 0 Å². The van der Waals surface area contributed by atoms with Crippen molar-refractivity contribution in [1.29, 1.82) is 0 Å². The summed E-state index contributed by atoms with van der Waals surface area (Å²) in [5.41, 5.74) is 0.878. The van der Waals surface area contributed by atoms with E-state index in [2.05, 4.69) is 15.3 Å². The predicted molar refractivity (Wildman–Crippen MR) is 73.7 cm³/mol. The molecule has 0 aliphatic carbocycles. The molecule has 3 aromatic rings. The summed E-state index contributed by atoms with van der Waals surface area (Å²) in [6, 6.07) is 11.6. The highest BCUT2D eigenvalue weighted by molar-refractivity contribution is 7.22. The van der Waals surface area contributed by atoms with Crippen molar-refractivity contribution in [2.75, 3.05) is 12.4 Å². The number of hydrogen-bond donors (Lipinski definition) is 1. The zero-order valence-electron chi connectivity index (χ0n) is 9.75. The molecule has 1 N–H and O–H groups in total. The number of anilines is 2. The average molecular weight is 257 g/mol. The van der Waals surface area contributed by atoms with Gasteiger partial charge in [0.25, 0.3) is 0 Å². The Morgan fingerprint density at radius 3 is 2.89 bits per heavy atom. The molecule has 0 bridgehead atoms. The SMILES string of the molecule is COc1cccc2sc(Nc3ccccn3)nc12. The molecule has 0 saturated carbocycles. The van der Waals surface area contributed by atoms with Crippen LogP contribution >= 0.6 is 11.3 Å². The molecular weight excluding hydrogens is 246 g/mol. The molecule has 0 fully saturated rings. The maximum Gasteiger partial charge on any atom is 0.189 e. The Balaban J connectivity index is 1.99. The van der Waals surface area contributed by atoms with Gasteiger partial charge in [0.2, 0.25) is 0 Å². The van der Waals surface area contributed by atoms with Crippen molar-refractivity contribution in [2.45, 2.75) is 0 Å². The Labute approximate surface area is 108 Å². The molecular formula is C13H11N3OS. The molecule has 0 aliphatic heterocycles. The fraction of sp³-hybridized carbons (Fsp3) is 0.0769. The molecule has 2 heterocycles. The van der Waals surface area contributed by atoms with Crippen molar-refractivity contribution < 1.29 is 4.74 Å². The largest absolute Gasteiger partial charge is 0.494 e. The summed E-state index contributed by atoms with van der Waals surface area (Å²) in [5.74, 6) is 1.58. The second-order valence-electron chi connectivity index (χ2n) is 3.67. The molecule has 0 saturated heterocycles. The van der Waals surface area contributed by atoms with E-state index in [0.717, 1.165) is 26.9 Å². The summed E-state index contributed by atoms with van der Waals surface area (Å²) in [6.45, 7) is 0. The Morgan fingerprint density at radius 2 is 2.11 bits per heavy atom. The third-order valence-corrected chi connectivity index (χ3v) is 3.44. The second-order valence-corrected chi connectivity index (χ2v) is 4.70. The van der Waals surface area contributed by atoms with E-state index in [1.807, 2.05) is 36.4 Å². The molecule has 0 radical (unpaired) electrons. The normalized spacial score (nSPS) is 10.5. The number of aromatic nitrogens is 2. The summed E-state index contributed by atoms with van der Waals surface area (Å²) in [6.07, 6.45) is 1.75. The topological polar surface area (TPSA) is 47.0 Å². The number of rotatable bonds is 3. The lowest BCUT2D eigenvalue weighted by atomic mass is 10.3. The van der Waals surface area contributed by atoms with Gasteiger partial charge in [-0.25, -0.2) is 9.97 Å². The minimum Gasteiger partial charge on any atom is -0.494 e. The first-order valence-corrected chi connectivity index (χ1v) is 6.30. The number of hydrogen-bond acceptors (Lipinski definition) is 5. The van der Waals surface area contributed by atoms with Crippen LogP contribution in [0.2, 0.25) is 0 Å². The van der Waals surface area contributed by atoms with E-state index in [9.17, 15) is 0 Å². The highest BCUT2D eigenvalue weighted by atomic mass is 32.1. The molecule has 0 amide bonds. The van der Waals surface area contributed by atoms with Gasteiger partial charge in [0.1, 0.15) is 17.1 Å². The van der Waals surface area contributed by atoms with Crippen molar-refractivity contribution >= 4 is 32.5 Å². The lowest BCUT2D eigenvalue weighted by Crippen LogP contribution is -1.91. The van der Waals surface area contributed by atoms with Gasteiger partial charge in [0, 0.05) is 6.20 Å². The van der Waals surface area contributed by atoms with Crippen molar-refractivity contribution in [2.24, 2.45) is 0 Å². The van der Waals surface area contributed by atoms with Gasteiger partial charge >= 0.3 is 0 Å². The zero-order chi connectivity index (χ0) is 12.4. The minimum atomic E-state index is 0.788. The van der Waals surface area contributed by atoms with Gasteiger partial charge in [-0.1, -0.05) is 23.5 Å². The van der Waals surface area contributed by atoms with E-state index in [4.69, 9.17) is 4.74 Å². The fourth-order valence-corrected chi connectivity index (χ4v) is 2.58. The first kappa shape index (κ1) is 11.0. The number of fused-ring (bicyclic) bond motifs is 1. The number of para-hydroxylation sites is 1. The Kier molecular flexibility index (Phi) is 2.82. The van der Waals surface area contributed by atoms with Crippen LogP contribution in [0.1, 0.15) is 0 Å². The van der Waals surface area contributed by atoms with Crippen LogP contribution in [0.25, 0.3) is 10.2 Å². The predicted octanol–water partition coefficient (Wildman–Crippen LogP) is 3.44. The molecule has 2 aromatic heterocycles. The third-order valence-electron chi connectivity index (χ3n) is 2.50. The van der Waals surface area contributed by atoms with Crippen molar-refractivity contribution in [1.82, 2.24) is 9.97 Å². The average Bonchev–Trinajstić information content (AvgIpc) is 2.82. The third kappa shape index (κ3) is 2.00. The number of ether oxygens (including phenoxy) is 1. The number of nitrogens with one attached hydrogen (secondary N) is 1. The molecule has 0 aliphatic rings. The first-order valence-electron chi connectivity index (χ1n) is 5.48. The van der Waals surface area contributed by atoms with Crippen molar-refractivity contribution in [3.05, 3.63) is 42.6 Å². The van der Waals surface area contributed by atoms with Gasteiger partial charge in [-0.15, -0.1) is 0 Å². The minimum absolute atomic E-state index is 0.788. The molecule has 90 valence electrons. The van der Waals surface area contributed by atoms with Crippen LogP contribution < -0.4 is 10.1 Å². The van der Waals surface area contributed by atoms with E-state index >= 15 is 0 Å². The molecule has 0 unspecified atom stereocenters. The van der Waals surface area contributed by atoms with Gasteiger partial charge in [-0.2, -0.15) is 0 Å². The molecule has 18 heavy (non-hydrogen) atoms. The zero-order valence-corrected chi connectivity index (χ0v) is 10.6. The summed E-state index contributed by atoms with van der Waals surface area (Å²) in [5, 5.41) is 4.00. The maximum atomic E-state index is 5.29. The van der Waals surface area contributed by atoms with Crippen LogP contribution in [0.15, 0.2) is 42.6 Å². The van der Waals surface area contributed by atoms with Crippen LogP contribution in [0.4, 0.5) is 10.9 Å². The monoisotopic (exact) mass is 257 g/mol. The van der Waals surface area contributed by atoms with Gasteiger partial charge < -0.3 is 10.1 Å². The van der Waals surface area contributed by atoms with Crippen LogP contribution in [-0.2, 0) is 0 Å². The number of pyridine rings is 1. The Morgan fingerprint density at radius 1 is 1.17 bits per heavy atom. The van der Waals surface area contributed by atoms with Crippen LogP contribution in [-0.4, -0.2) is 17.1 Å². The van der Waals surface area contributed by atoms with E-state index < -0.39 is 0 Å². The Hall–Kier alpha value is -2.14. The quantitative estimate of drug-likeness (QED) is 0.780. The Bertz CT molecular complexity index is 666. The summed E-state index contributed by atoms with van der Waals surface area (Å²) >= 11 is 1.58. The van der Waals surface area contributed by atoms with E-state index in [0.29, 0.717) is 0 Å². The molecule has 1 aromatic carbocycles. The molecule has 4 nitrogen and oxygen atoms in total. The second kappa shape index (κ2) is 4.62. The number of methoxy groups -OCH3 is 1. The summed E-state index contributed by atoms with van der Waals surface area (Å²) in [4.78, 5) is 8.73. The van der Waals surface area contributed by atoms with Gasteiger partial charge in [-0.05, 0) is 24.3 Å². The molecule has 0 atom stereocenters. The van der Waals surface area contributed by atoms with Crippen molar-refractivity contribution in [3.63, 3.8) is 0 Å². The van der Waals surface area contributed by atoms with Gasteiger partial charge in [0.05, 0.1) is 11.8 Å². The number of benzene rings is 1. The van der Waals surface area contributed by atoms with E-state index in [1.165, 1.54) is 0 Å².